The average molecular weight is 573 g/mol. The number of hydrogen-bond acceptors (Lipinski definition) is 6. The van der Waals surface area contributed by atoms with Crippen LogP contribution in [-0.2, 0) is 24.1 Å². The lowest BCUT2D eigenvalue weighted by atomic mass is 9.88. The average Bonchev–Trinajstić information content (AvgIpc) is 3.41. The Labute approximate surface area is 250 Å². The van der Waals surface area contributed by atoms with Crippen LogP contribution in [0.1, 0.15) is 65.6 Å². The normalized spacial score (nSPS) is 17.9. The van der Waals surface area contributed by atoms with Gasteiger partial charge in [0.2, 0.25) is 5.91 Å². The van der Waals surface area contributed by atoms with Crippen LogP contribution in [0.5, 0.6) is 23.0 Å². The zero-order chi connectivity index (χ0) is 29.8. The van der Waals surface area contributed by atoms with E-state index in [1.807, 2.05) is 26.0 Å². The fourth-order valence-corrected chi connectivity index (χ4v) is 6.54. The maximum Gasteiger partial charge on any atom is 0.234 e. The predicted octanol–water partition coefficient (Wildman–Crippen LogP) is 5.80. The van der Waals surface area contributed by atoms with Gasteiger partial charge in [0.1, 0.15) is 0 Å². The Hall–Kier alpha value is -3.71. The van der Waals surface area contributed by atoms with Crippen LogP contribution in [0.4, 0.5) is 0 Å². The van der Waals surface area contributed by atoms with Gasteiger partial charge in [0.25, 0.3) is 0 Å². The molecular weight excluding hydrogens is 528 g/mol. The number of nitrogens with one attached hydrogen (secondary N) is 1. The minimum Gasteiger partial charge on any atom is -0.493 e. The van der Waals surface area contributed by atoms with E-state index in [4.69, 9.17) is 18.9 Å². The second kappa shape index (κ2) is 13.1. The van der Waals surface area contributed by atoms with Crippen molar-refractivity contribution in [3.63, 3.8) is 0 Å². The van der Waals surface area contributed by atoms with Gasteiger partial charge in [0.15, 0.2) is 23.0 Å². The molecule has 0 bridgehead atoms. The third-order valence-electron chi connectivity index (χ3n) is 8.65. The van der Waals surface area contributed by atoms with E-state index in [1.54, 1.807) is 21.3 Å². The predicted molar refractivity (Wildman–Crippen MR) is 165 cm³/mol. The molecule has 1 amide bonds. The van der Waals surface area contributed by atoms with E-state index in [1.165, 1.54) is 27.8 Å². The summed E-state index contributed by atoms with van der Waals surface area (Å²) in [6.45, 7) is 7.99. The number of aryl methyl sites for hydroxylation is 1. The molecule has 1 aliphatic heterocycles. The van der Waals surface area contributed by atoms with Gasteiger partial charge < -0.3 is 24.3 Å². The molecule has 42 heavy (non-hydrogen) atoms. The van der Waals surface area contributed by atoms with Crippen LogP contribution in [0.15, 0.2) is 48.5 Å². The second-order valence-electron chi connectivity index (χ2n) is 11.7. The molecule has 0 aromatic heterocycles. The van der Waals surface area contributed by atoms with Gasteiger partial charge in [-0.1, -0.05) is 24.3 Å². The molecular formula is C35H44N2O5. The van der Waals surface area contributed by atoms with Gasteiger partial charge in [-0.25, -0.2) is 0 Å². The van der Waals surface area contributed by atoms with Gasteiger partial charge in [-0.15, -0.1) is 0 Å². The van der Waals surface area contributed by atoms with Gasteiger partial charge in [-0.05, 0) is 104 Å². The summed E-state index contributed by atoms with van der Waals surface area (Å²) in [6.07, 6.45) is 3.72. The molecule has 2 unspecified atom stereocenters. The minimum atomic E-state index is -0.0205. The SMILES string of the molecule is COc1ccc(CC2c3cc(OC(C)C)c(OC)cc3CCN2CC(=O)NCC2CCc3c(C)cccc32)cc1OC. The highest BCUT2D eigenvalue weighted by Crippen LogP contribution is 2.41. The number of ether oxygens (including phenoxy) is 4. The van der Waals surface area contributed by atoms with Crippen molar-refractivity contribution < 1.29 is 23.7 Å². The summed E-state index contributed by atoms with van der Waals surface area (Å²) in [5, 5.41) is 3.27. The molecule has 5 rings (SSSR count). The van der Waals surface area contributed by atoms with Crippen molar-refractivity contribution in [1.82, 2.24) is 10.2 Å². The quantitative estimate of drug-likeness (QED) is 0.314. The number of amides is 1. The highest BCUT2D eigenvalue weighted by atomic mass is 16.5. The third kappa shape index (κ3) is 6.36. The lowest BCUT2D eigenvalue weighted by Gasteiger charge is -2.38. The molecule has 0 fully saturated rings. The molecule has 0 saturated heterocycles. The lowest BCUT2D eigenvalue weighted by molar-refractivity contribution is -0.123. The fourth-order valence-electron chi connectivity index (χ4n) is 6.54. The van der Waals surface area contributed by atoms with Gasteiger partial charge in [-0.2, -0.15) is 0 Å². The van der Waals surface area contributed by atoms with E-state index in [0.29, 0.717) is 36.9 Å². The topological polar surface area (TPSA) is 69.3 Å². The number of fused-ring (bicyclic) bond motifs is 2. The monoisotopic (exact) mass is 572 g/mol. The van der Waals surface area contributed by atoms with Crippen molar-refractivity contribution in [1.29, 1.82) is 0 Å². The first-order valence-electron chi connectivity index (χ1n) is 15.0. The Kier molecular flexibility index (Phi) is 9.27. The van der Waals surface area contributed by atoms with Crippen LogP contribution in [-0.4, -0.2) is 57.9 Å². The molecule has 3 aromatic carbocycles. The molecule has 1 aliphatic carbocycles. The lowest BCUT2D eigenvalue weighted by Crippen LogP contribution is -2.44. The highest BCUT2D eigenvalue weighted by Gasteiger charge is 2.32. The number of carbonyl (C=O) groups excluding carboxylic acids is 1. The minimum absolute atomic E-state index is 0.0104. The Morgan fingerprint density at radius 3 is 2.43 bits per heavy atom. The fraction of sp³-hybridized carbons (Fsp3) is 0.457. The first kappa shape index (κ1) is 29.8. The van der Waals surface area contributed by atoms with E-state index < -0.39 is 0 Å². The summed E-state index contributed by atoms with van der Waals surface area (Å²) in [6, 6.07) is 16.8. The number of rotatable bonds is 11. The molecule has 0 radical (unpaired) electrons. The first-order valence-corrected chi connectivity index (χ1v) is 15.0. The molecule has 224 valence electrons. The number of benzene rings is 3. The van der Waals surface area contributed by atoms with E-state index in [0.717, 1.165) is 42.9 Å². The van der Waals surface area contributed by atoms with E-state index in [2.05, 4.69) is 53.5 Å². The maximum absolute atomic E-state index is 13.4. The van der Waals surface area contributed by atoms with Crippen molar-refractivity contribution >= 4 is 5.91 Å². The Bertz CT molecular complexity index is 1420. The summed E-state index contributed by atoms with van der Waals surface area (Å²) in [4.78, 5) is 15.7. The standard InChI is InChI=1S/C35H44N2O5/c1-22(2)42-34-19-29-25(18-33(34)41-6)14-15-37(30(29)16-24-10-13-31(39-4)32(17-24)40-5)21-35(38)36-20-26-11-12-27-23(3)8-7-9-28(26)27/h7-10,13,17-19,22,26,30H,11-12,14-16,20-21H2,1-6H3,(H,36,38). The molecule has 0 saturated carbocycles. The number of methoxy groups -OCH3 is 3. The van der Waals surface area contributed by atoms with E-state index in [-0.39, 0.29) is 18.1 Å². The van der Waals surface area contributed by atoms with Crippen molar-refractivity contribution in [2.75, 3.05) is 41.0 Å². The van der Waals surface area contributed by atoms with Crippen molar-refractivity contribution in [3.8, 4) is 23.0 Å². The number of carbonyl (C=O) groups is 1. The summed E-state index contributed by atoms with van der Waals surface area (Å²) in [7, 11) is 4.98. The molecule has 7 nitrogen and oxygen atoms in total. The van der Waals surface area contributed by atoms with Crippen molar-refractivity contribution in [2.45, 2.75) is 64.5 Å². The van der Waals surface area contributed by atoms with Crippen LogP contribution in [0.25, 0.3) is 0 Å². The molecule has 1 N–H and O–H groups in total. The first-order chi connectivity index (χ1) is 20.3. The van der Waals surface area contributed by atoms with Crippen molar-refractivity contribution in [2.24, 2.45) is 0 Å². The largest absolute Gasteiger partial charge is 0.493 e. The molecule has 2 aliphatic rings. The summed E-state index contributed by atoms with van der Waals surface area (Å²) in [5.74, 6) is 3.29. The number of nitrogens with zero attached hydrogens (tertiary/aromatic N) is 1. The van der Waals surface area contributed by atoms with Gasteiger partial charge in [0.05, 0.1) is 34.0 Å². The molecule has 3 aromatic rings. The second-order valence-corrected chi connectivity index (χ2v) is 11.7. The summed E-state index contributed by atoms with van der Waals surface area (Å²) < 4.78 is 22.9. The Morgan fingerprint density at radius 1 is 0.929 bits per heavy atom. The summed E-state index contributed by atoms with van der Waals surface area (Å²) in [5.41, 5.74) is 7.69. The maximum atomic E-state index is 13.4. The van der Waals surface area contributed by atoms with Crippen LogP contribution in [0.2, 0.25) is 0 Å². The van der Waals surface area contributed by atoms with Crippen LogP contribution >= 0.6 is 0 Å². The van der Waals surface area contributed by atoms with E-state index >= 15 is 0 Å². The van der Waals surface area contributed by atoms with Crippen LogP contribution in [0.3, 0.4) is 0 Å². The molecule has 7 heteroatoms. The Morgan fingerprint density at radius 2 is 1.69 bits per heavy atom. The Balaban J connectivity index is 1.39. The van der Waals surface area contributed by atoms with Gasteiger partial charge in [0, 0.05) is 25.0 Å². The van der Waals surface area contributed by atoms with E-state index in [9.17, 15) is 4.79 Å². The smallest absolute Gasteiger partial charge is 0.234 e. The molecule has 0 spiro atoms. The molecule has 2 atom stereocenters. The van der Waals surface area contributed by atoms with Crippen LogP contribution in [0, 0.1) is 6.92 Å². The third-order valence-corrected chi connectivity index (χ3v) is 8.65. The zero-order valence-electron chi connectivity index (χ0n) is 25.8. The van der Waals surface area contributed by atoms with Gasteiger partial charge >= 0.3 is 0 Å². The summed E-state index contributed by atoms with van der Waals surface area (Å²) >= 11 is 0. The zero-order valence-corrected chi connectivity index (χ0v) is 25.8. The highest BCUT2D eigenvalue weighted by molar-refractivity contribution is 5.78. The molecule has 1 heterocycles. The van der Waals surface area contributed by atoms with Crippen LogP contribution < -0.4 is 24.3 Å². The number of hydrogen-bond donors (Lipinski definition) is 1. The van der Waals surface area contributed by atoms with Gasteiger partial charge in [-0.3, -0.25) is 9.69 Å². The van der Waals surface area contributed by atoms with Crippen molar-refractivity contribution in [3.05, 3.63) is 81.9 Å².